The summed E-state index contributed by atoms with van der Waals surface area (Å²) in [5, 5.41) is 4.23. The van der Waals surface area contributed by atoms with Crippen LogP contribution in [0.15, 0.2) is 58.2 Å². The number of nitrogens with zero attached hydrogens (tertiary/aromatic N) is 1. The van der Waals surface area contributed by atoms with Crippen LogP contribution in [0, 0.1) is 0 Å². The maximum Gasteiger partial charge on any atom is 0.256 e. The summed E-state index contributed by atoms with van der Waals surface area (Å²) >= 11 is 1.63. The summed E-state index contributed by atoms with van der Waals surface area (Å²) in [6.45, 7) is 3.03. The highest BCUT2D eigenvalue weighted by Gasteiger charge is 2.08. The normalized spacial score (nSPS) is 12.4. The van der Waals surface area contributed by atoms with Crippen molar-refractivity contribution in [1.29, 1.82) is 0 Å². The van der Waals surface area contributed by atoms with Crippen molar-refractivity contribution < 1.29 is 9.15 Å². The molecule has 0 radical (unpaired) electrons. The van der Waals surface area contributed by atoms with E-state index in [2.05, 4.69) is 29.4 Å². The molecule has 3 aromatic rings. The average Bonchev–Trinajstić information content (AvgIpc) is 3.01. The van der Waals surface area contributed by atoms with Crippen molar-refractivity contribution >= 4 is 22.9 Å². The van der Waals surface area contributed by atoms with Gasteiger partial charge in [0.15, 0.2) is 5.58 Å². The van der Waals surface area contributed by atoms with Gasteiger partial charge in [0.1, 0.15) is 11.3 Å². The monoisotopic (exact) mass is 328 g/mol. The van der Waals surface area contributed by atoms with Crippen molar-refractivity contribution in [3.8, 4) is 5.75 Å². The van der Waals surface area contributed by atoms with E-state index in [0.717, 1.165) is 34.4 Å². The van der Waals surface area contributed by atoms with Gasteiger partial charge in [-0.15, -0.1) is 0 Å². The number of aromatic nitrogens is 1. The number of benzene rings is 2. The number of fused-ring (bicyclic) bond motifs is 1. The predicted molar refractivity (Wildman–Crippen MR) is 94.1 cm³/mol. The number of oxazole rings is 1. The van der Waals surface area contributed by atoms with Gasteiger partial charge in [0, 0.05) is 18.3 Å². The van der Waals surface area contributed by atoms with Crippen LogP contribution in [-0.2, 0) is 0 Å². The maximum absolute atomic E-state index is 5.70. The number of methoxy groups -OCH3 is 1. The molecule has 0 aliphatic heterocycles. The lowest BCUT2D eigenvalue weighted by molar-refractivity contribution is 0.413. The van der Waals surface area contributed by atoms with Crippen LogP contribution in [0.4, 0.5) is 0 Å². The van der Waals surface area contributed by atoms with Gasteiger partial charge in [-0.1, -0.05) is 36.0 Å². The molecule has 3 rings (SSSR count). The van der Waals surface area contributed by atoms with E-state index in [4.69, 9.17) is 9.15 Å². The van der Waals surface area contributed by atoms with E-state index in [9.17, 15) is 0 Å². The first kappa shape index (κ1) is 15.9. The Balaban J connectivity index is 1.49. The van der Waals surface area contributed by atoms with Gasteiger partial charge in [-0.25, -0.2) is 4.98 Å². The lowest BCUT2D eigenvalue weighted by atomic mass is 10.1. The third kappa shape index (κ3) is 4.06. The summed E-state index contributed by atoms with van der Waals surface area (Å²) in [6, 6.07) is 16.2. The average molecular weight is 328 g/mol. The lowest BCUT2D eigenvalue weighted by Crippen LogP contribution is -2.21. The van der Waals surface area contributed by atoms with Gasteiger partial charge < -0.3 is 14.5 Å². The number of ether oxygens (including phenoxy) is 1. The first-order valence-electron chi connectivity index (χ1n) is 7.62. The molecule has 0 aliphatic carbocycles. The molecule has 4 nitrogen and oxygen atoms in total. The first-order chi connectivity index (χ1) is 11.3. The highest BCUT2D eigenvalue weighted by Crippen LogP contribution is 2.23. The predicted octanol–water partition coefficient (Wildman–Crippen LogP) is 4.28. The number of hydrogen-bond acceptors (Lipinski definition) is 5. The highest BCUT2D eigenvalue weighted by atomic mass is 32.2. The summed E-state index contributed by atoms with van der Waals surface area (Å²) in [5.74, 6) is 1.79. The molecule has 0 spiro atoms. The Morgan fingerprint density at radius 1 is 1.22 bits per heavy atom. The number of para-hydroxylation sites is 2. The van der Waals surface area contributed by atoms with Crippen molar-refractivity contribution in [3.05, 3.63) is 54.1 Å². The molecule has 0 saturated heterocycles. The maximum atomic E-state index is 5.70. The first-order valence-corrected chi connectivity index (χ1v) is 8.60. The van der Waals surface area contributed by atoms with Gasteiger partial charge in [0.05, 0.1) is 7.11 Å². The molecule has 1 N–H and O–H groups in total. The molecular weight excluding hydrogens is 308 g/mol. The quantitative estimate of drug-likeness (QED) is 0.518. The second-order valence-electron chi connectivity index (χ2n) is 5.25. The molecule has 120 valence electrons. The van der Waals surface area contributed by atoms with Gasteiger partial charge in [0.2, 0.25) is 0 Å². The lowest BCUT2D eigenvalue weighted by Gasteiger charge is -2.14. The van der Waals surface area contributed by atoms with Gasteiger partial charge in [-0.2, -0.15) is 0 Å². The van der Waals surface area contributed by atoms with E-state index in [1.807, 2.05) is 36.4 Å². The Hall–Kier alpha value is -1.98. The smallest absolute Gasteiger partial charge is 0.256 e. The fourth-order valence-corrected chi connectivity index (χ4v) is 3.06. The second-order valence-corrected chi connectivity index (χ2v) is 6.29. The van der Waals surface area contributed by atoms with Crippen molar-refractivity contribution in [1.82, 2.24) is 10.3 Å². The van der Waals surface area contributed by atoms with Crippen LogP contribution < -0.4 is 10.1 Å². The minimum Gasteiger partial charge on any atom is -0.497 e. The zero-order valence-corrected chi connectivity index (χ0v) is 14.1. The SMILES string of the molecule is COc1cccc(C(C)NCCSc2nc3ccccc3o2)c1. The van der Waals surface area contributed by atoms with E-state index in [1.54, 1.807) is 18.9 Å². The fraction of sp³-hybridized carbons (Fsp3) is 0.278. The Morgan fingerprint density at radius 2 is 2.09 bits per heavy atom. The molecule has 0 fully saturated rings. The van der Waals surface area contributed by atoms with Crippen molar-refractivity contribution in [3.63, 3.8) is 0 Å². The zero-order chi connectivity index (χ0) is 16.1. The largest absolute Gasteiger partial charge is 0.497 e. The van der Waals surface area contributed by atoms with E-state index < -0.39 is 0 Å². The van der Waals surface area contributed by atoms with Gasteiger partial charge in [0.25, 0.3) is 5.22 Å². The third-order valence-corrected chi connectivity index (χ3v) is 4.48. The van der Waals surface area contributed by atoms with Crippen LogP contribution in [0.1, 0.15) is 18.5 Å². The molecule has 2 aromatic carbocycles. The molecule has 23 heavy (non-hydrogen) atoms. The van der Waals surface area contributed by atoms with Gasteiger partial charge in [-0.05, 0) is 36.8 Å². The Morgan fingerprint density at radius 3 is 2.91 bits per heavy atom. The van der Waals surface area contributed by atoms with Crippen LogP contribution in [-0.4, -0.2) is 24.4 Å². The molecule has 0 saturated carbocycles. The third-order valence-electron chi connectivity index (χ3n) is 3.65. The molecule has 1 unspecified atom stereocenters. The molecule has 1 atom stereocenters. The van der Waals surface area contributed by atoms with Crippen LogP contribution >= 0.6 is 11.8 Å². The summed E-state index contributed by atoms with van der Waals surface area (Å²) in [7, 11) is 1.69. The summed E-state index contributed by atoms with van der Waals surface area (Å²) < 4.78 is 11.0. The Kier molecular flexibility index (Phi) is 5.20. The molecule has 0 bridgehead atoms. The number of nitrogens with one attached hydrogen (secondary N) is 1. The van der Waals surface area contributed by atoms with Crippen molar-refractivity contribution in [2.45, 2.75) is 18.2 Å². The Labute approximate surface area is 140 Å². The van der Waals surface area contributed by atoms with E-state index >= 15 is 0 Å². The summed E-state index contributed by atoms with van der Waals surface area (Å²) in [6.07, 6.45) is 0. The number of hydrogen-bond donors (Lipinski definition) is 1. The fourth-order valence-electron chi connectivity index (χ4n) is 2.36. The van der Waals surface area contributed by atoms with E-state index in [-0.39, 0.29) is 6.04 Å². The Bertz CT molecular complexity index is 739. The van der Waals surface area contributed by atoms with Crippen molar-refractivity contribution in [2.24, 2.45) is 0 Å². The molecule has 0 aliphatic rings. The second kappa shape index (κ2) is 7.53. The molecule has 1 aromatic heterocycles. The van der Waals surface area contributed by atoms with Crippen LogP contribution in [0.25, 0.3) is 11.1 Å². The van der Waals surface area contributed by atoms with E-state index in [0.29, 0.717) is 0 Å². The number of thioether (sulfide) groups is 1. The topological polar surface area (TPSA) is 47.3 Å². The molecular formula is C18H20N2O2S. The minimum absolute atomic E-state index is 0.273. The minimum atomic E-state index is 0.273. The van der Waals surface area contributed by atoms with Crippen LogP contribution in [0.5, 0.6) is 5.75 Å². The van der Waals surface area contributed by atoms with Gasteiger partial charge in [-0.3, -0.25) is 0 Å². The molecule has 1 heterocycles. The van der Waals surface area contributed by atoms with Crippen LogP contribution in [0.2, 0.25) is 0 Å². The standard InChI is InChI=1S/C18H20N2O2S/c1-13(14-6-5-7-15(12-14)21-2)19-10-11-23-18-20-16-8-3-4-9-17(16)22-18/h3-9,12-13,19H,10-11H2,1-2H3. The highest BCUT2D eigenvalue weighted by molar-refractivity contribution is 7.99. The van der Waals surface area contributed by atoms with E-state index in [1.165, 1.54) is 5.56 Å². The summed E-state index contributed by atoms with van der Waals surface area (Å²) in [4.78, 5) is 4.46. The number of rotatable bonds is 7. The molecule has 0 amide bonds. The van der Waals surface area contributed by atoms with Gasteiger partial charge >= 0.3 is 0 Å². The summed E-state index contributed by atoms with van der Waals surface area (Å²) in [5.41, 5.74) is 2.97. The zero-order valence-electron chi connectivity index (χ0n) is 13.3. The molecule has 5 heteroatoms. The van der Waals surface area contributed by atoms with Crippen LogP contribution in [0.3, 0.4) is 0 Å². The van der Waals surface area contributed by atoms with Crippen molar-refractivity contribution in [2.75, 3.05) is 19.4 Å².